The van der Waals surface area contributed by atoms with E-state index < -0.39 is 0 Å². The van der Waals surface area contributed by atoms with Crippen molar-refractivity contribution in [1.29, 1.82) is 0 Å². The smallest absolute Gasteiger partial charge is 0.103 e. The van der Waals surface area contributed by atoms with Crippen LogP contribution in [0.4, 0.5) is 8.78 Å². The van der Waals surface area contributed by atoms with E-state index in [0.29, 0.717) is 12.7 Å². The molecule has 0 aromatic heterocycles. The second-order valence-electron chi connectivity index (χ2n) is 1.29. The summed E-state index contributed by atoms with van der Waals surface area (Å²) in [5, 5.41) is 0. The van der Waals surface area contributed by atoms with Crippen LogP contribution in [0.3, 0.4) is 0 Å². The number of rotatable bonds is 5. The minimum Gasteiger partial charge on any atom is -0.232 e. The lowest BCUT2D eigenvalue weighted by molar-refractivity contribution is -0.277. The highest BCUT2D eigenvalue weighted by Crippen LogP contribution is 1.82. The predicted octanol–water partition coefficient (Wildman–Crippen LogP) is 1.90. The van der Waals surface area contributed by atoms with E-state index in [-0.39, 0.29) is 13.2 Å². The fourth-order valence-corrected chi connectivity index (χ4v) is 0.248. The minimum atomic E-state index is 0.0244. The lowest BCUT2D eigenvalue weighted by Gasteiger charge is -1.94. The number of halogens is 2. The van der Waals surface area contributed by atoms with E-state index in [0.717, 1.165) is 12.2 Å². The van der Waals surface area contributed by atoms with E-state index in [1.54, 1.807) is 0 Å². The molecule has 0 unspecified atom stereocenters. The summed E-state index contributed by atoms with van der Waals surface area (Å²) in [6.45, 7) is 0.0489. The molecule has 4 heteroatoms. The van der Waals surface area contributed by atoms with E-state index in [2.05, 4.69) is 9.78 Å². The first-order valence-corrected chi connectivity index (χ1v) is 2.66. The molecular formula is C6H8F2O2. The van der Waals surface area contributed by atoms with Crippen molar-refractivity contribution in [2.24, 2.45) is 0 Å². The van der Waals surface area contributed by atoms with E-state index in [4.69, 9.17) is 0 Å². The zero-order valence-corrected chi connectivity index (χ0v) is 5.30. The molecule has 0 aliphatic rings. The molecule has 0 aromatic rings. The van der Waals surface area contributed by atoms with Gasteiger partial charge in [-0.05, 0) is 12.2 Å². The van der Waals surface area contributed by atoms with Gasteiger partial charge >= 0.3 is 0 Å². The Kier molecular flexibility index (Phi) is 7.65. The maximum Gasteiger partial charge on any atom is 0.103 e. The molecule has 10 heavy (non-hydrogen) atoms. The summed E-state index contributed by atoms with van der Waals surface area (Å²) >= 11 is 0. The molecule has 0 amide bonds. The van der Waals surface area contributed by atoms with Crippen LogP contribution in [0.1, 0.15) is 0 Å². The molecule has 58 valence electrons. The van der Waals surface area contributed by atoms with Crippen molar-refractivity contribution in [3.63, 3.8) is 0 Å². The van der Waals surface area contributed by atoms with Gasteiger partial charge in [0.05, 0.1) is 12.7 Å². The summed E-state index contributed by atoms with van der Waals surface area (Å²) in [4.78, 5) is 8.66. The van der Waals surface area contributed by atoms with Gasteiger partial charge in [0.15, 0.2) is 0 Å². The van der Waals surface area contributed by atoms with Gasteiger partial charge in [-0.3, -0.25) is 0 Å². The first-order valence-electron chi connectivity index (χ1n) is 2.66. The molecule has 0 saturated heterocycles. The molecule has 0 aromatic carbocycles. The first-order chi connectivity index (χ1) is 4.91. The Morgan fingerprint density at radius 1 is 0.900 bits per heavy atom. The average molecular weight is 150 g/mol. The van der Waals surface area contributed by atoms with Crippen LogP contribution in [0.2, 0.25) is 0 Å². The van der Waals surface area contributed by atoms with Crippen LogP contribution in [0.25, 0.3) is 0 Å². The van der Waals surface area contributed by atoms with Crippen LogP contribution in [-0.4, -0.2) is 13.2 Å². The molecule has 0 N–H and O–H groups in total. The van der Waals surface area contributed by atoms with Crippen molar-refractivity contribution in [1.82, 2.24) is 0 Å². The van der Waals surface area contributed by atoms with Crippen LogP contribution in [0.15, 0.2) is 24.8 Å². The summed E-state index contributed by atoms with van der Waals surface area (Å²) in [6.07, 6.45) is 2.93. The van der Waals surface area contributed by atoms with Crippen LogP contribution in [0, 0.1) is 0 Å². The molecule has 0 radical (unpaired) electrons. The predicted molar refractivity (Wildman–Crippen MR) is 32.4 cm³/mol. The van der Waals surface area contributed by atoms with Crippen molar-refractivity contribution >= 4 is 0 Å². The molecule has 0 fully saturated rings. The number of hydrogen-bond acceptors (Lipinski definition) is 2. The third kappa shape index (κ3) is 7.26. The van der Waals surface area contributed by atoms with Crippen molar-refractivity contribution in [2.45, 2.75) is 0 Å². The summed E-state index contributed by atoms with van der Waals surface area (Å²) < 4.78 is 22.4. The Bertz CT molecular complexity index is 98.3. The fraction of sp³-hybridized carbons (Fsp3) is 0.333. The van der Waals surface area contributed by atoms with Crippen LogP contribution in [-0.2, 0) is 9.78 Å². The zero-order chi connectivity index (χ0) is 7.66. The molecule has 0 rings (SSSR count). The van der Waals surface area contributed by atoms with Gasteiger partial charge in [-0.25, -0.2) is 18.6 Å². The topological polar surface area (TPSA) is 18.5 Å². The third-order valence-corrected chi connectivity index (χ3v) is 0.590. The maximum absolute atomic E-state index is 11.2. The highest BCUT2D eigenvalue weighted by atomic mass is 19.1. The maximum atomic E-state index is 11.2. The molecule has 0 bridgehead atoms. The van der Waals surface area contributed by atoms with Crippen LogP contribution < -0.4 is 0 Å². The highest BCUT2D eigenvalue weighted by molar-refractivity contribution is 4.71. The van der Waals surface area contributed by atoms with E-state index in [1.807, 2.05) is 0 Å². The summed E-state index contributed by atoms with van der Waals surface area (Å²) in [5.41, 5.74) is 0. The average Bonchev–Trinajstić information content (AvgIpc) is 1.97. The summed E-state index contributed by atoms with van der Waals surface area (Å²) in [6, 6.07) is 0. The van der Waals surface area contributed by atoms with Crippen molar-refractivity contribution in [3.8, 4) is 0 Å². The second-order valence-corrected chi connectivity index (χ2v) is 1.29. The highest BCUT2D eigenvalue weighted by Gasteiger charge is 1.80. The van der Waals surface area contributed by atoms with E-state index >= 15 is 0 Å². The van der Waals surface area contributed by atoms with Gasteiger partial charge < -0.3 is 0 Å². The lowest BCUT2D eigenvalue weighted by Crippen LogP contribution is -1.93. The van der Waals surface area contributed by atoms with Gasteiger partial charge in [0.2, 0.25) is 0 Å². The second kappa shape index (κ2) is 8.26. The van der Waals surface area contributed by atoms with Crippen LogP contribution >= 0.6 is 0 Å². The summed E-state index contributed by atoms with van der Waals surface area (Å²) in [5.74, 6) is 0. The molecule has 2 nitrogen and oxygen atoms in total. The standard InChI is InChI=1S/C6H8F2O2/c7-3-1-5-9-10-6-2-4-8/h1-4H,5-6H2. The van der Waals surface area contributed by atoms with E-state index in [9.17, 15) is 8.78 Å². The minimum absolute atomic E-state index is 0.0244. The Morgan fingerprint density at radius 2 is 1.30 bits per heavy atom. The molecule has 0 aliphatic carbocycles. The zero-order valence-electron chi connectivity index (χ0n) is 5.30. The fourth-order valence-electron chi connectivity index (χ4n) is 0.248. The summed E-state index contributed by atoms with van der Waals surface area (Å²) in [7, 11) is 0. The molecule has 0 heterocycles. The monoisotopic (exact) mass is 150 g/mol. The Labute approximate surface area is 57.7 Å². The number of hydrogen-bond donors (Lipinski definition) is 0. The van der Waals surface area contributed by atoms with Gasteiger partial charge in [0.1, 0.15) is 13.2 Å². The van der Waals surface area contributed by atoms with Crippen molar-refractivity contribution < 1.29 is 18.6 Å². The van der Waals surface area contributed by atoms with Crippen molar-refractivity contribution in [3.05, 3.63) is 24.8 Å². The van der Waals surface area contributed by atoms with Gasteiger partial charge in [0, 0.05) is 0 Å². The molecule has 0 aliphatic heterocycles. The largest absolute Gasteiger partial charge is 0.232 e. The SMILES string of the molecule is FC=CCOOCC=CF. The van der Waals surface area contributed by atoms with E-state index in [1.165, 1.54) is 0 Å². The molecular weight excluding hydrogens is 142 g/mol. The normalized spacial score (nSPS) is 11.8. The van der Waals surface area contributed by atoms with Gasteiger partial charge in [0.25, 0.3) is 0 Å². The van der Waals surface area contributed by atoms with Gasteiger partial charge in [-0.2, -0.15) is 0 Å². The first kappa shape index (κ1) is 9.26. The Balaban J connectivity index is 2.90. The lowest BCUT2D eigenvalue weighted by atomic mass is 10.7. The van der Waals surface area contributed by atoms with Gasteiger partial charge in [-0.1, -0.05) is 0 Å². The molecule has 0 spiro atoms. The van der Waals surface area contributed by atoms with Gasteiger partial charge in [-0.15, -0.1) is 0 Å². The quantitative estimate of drug-likeness (QED) is 0.338. The third-order valence-electron chi connectivity index (χ3n) is 0.590. The molecule has 0 saturated carbocycles. The molecule has 0 atom stereocenters. The Morgan fingerprint density at radius 3 is 1.60 bits per heavy atom. The van der Waals surface area contributed by atoms with Crippen molar-refractivity contribution in [2.75, 3.05) is 13.2 Å². The Hall–Kier alpha value is -0.740. The van der Waals surface area contributed by atoms with Crippen LogP contribution in [0.5, 0.6) is 0 Å².